The molecule has 2 aliphatic rings. The number of amides is 1. The number of halogens is 1. The van der Waals surface area contributed by atoms with Crippen molar-refractivity contribution in [1.82, 2.24) is 5.32 Å². The maximum atomic E-state index is 11.6. The Bertz CT molecular complexity index is 691. The minimum Gasteiger partial charge on any atom is -0.480 e. The summed E-state index contributed by atoms with van der Waals surface area (Å²) in [5, 5.41) is 19.9. The van der Waals surface area contributed by atoms with Crippen molar-refractivity contribution in [2.24, 2.45) is 16.6 Å². The fraction of sp³-hybridized carbons (Fsp3) is 0.833. The smallest absolute Gasteiger partial charge is 0.408 e. The zero-order chi connectivity index (χ0) is 27.4. The first kappa shape index (κ1) is 32.9. The topological polar surface area (TPSA) is 165 Å². The Morgan fingerprint density at radius 2 is 1.20 bits per heavy atom. The molecule has 0 saturated heterocycles. The summed E-state index contributed by atoms with van der Waals surface area (Å²) < 4.78 is 9.91. The monoisotopic (exact) mass is 522 g/mol. The van der Waals surface area contributed by atoms with E-state index in [9.17, 15) is 19.2 Å². The van der Waals surface area contributed by atoms with Crippen molar-refractivity contribution < 1.29 is 38.9 Å². The van der Waals surface area contributed by atoms with E-state index in [4.69, 9.17) is 37.0 Å². The molecular formula is C24H43ClN2O8. The van der Waals surface area contributed by atoms with Gasteiger partial charge in [-0.2, -0.15) is 0 Å². The van der Waals surface area contributed by atoms with Crippen molar-refractivity contribution in [1.29, 1.82) is 0 Å². The molecule has 2 atom stereocenters. The number of aliphatic carboxylic acids is 2. The van der Waals surface area contributed by atoms with E-state index in [1.807, 2.05) is 0 Å². The molecule has 2 rings (SSSR count). The van der Waals surface area contributed by atoms with Crippen LogP contribution < -0.4 is 11.1 Å². The first-order valence-corrected chi connectivity index (χ1v) is 12.4. The molecule has 11 heteroatoms. The molecule has 0 radical (unpaired) electrons. The van der Waals surface area contributed by atoms with E-state index in [1.165, 1.54) is 0 Å². The molecule has 35 heavy (non-hydrogen) atoms. The Morgan fingerprint density at radius 1 is 0.800 bits per heavy atom. The number of nitrogens with two attached hydrogens (primary N) is 1. The number of hydrogen-bond acceptors (Lipinski definition) is 7. The Labute approximate surface area is 213 Å². The summed E-state index contributed by atoms with van der Waals surface area (Å²) in [7, 11) is 0. The standard InChI is InChI=1S/C12H21NO4.C6H9ClO2.C6H13NO2/c1-12(2,3)9(10(14)15)13-11(16)17-8-6-4-5-7-8;7-6(8)9-5-3-1-2-4-5;1-6(2,3)4(7)5(8)9/h8-9H,4-7H2,1-3H3,(H,13,16)(H,14,15);5H,1-4H2;4H,7H2,1-3H3,(H,8,9)/t9-;;4-/m1.1/s1. The summed E-state index contributed by atoms with van der Waals surface area (Å²) in [6.45, 7) is 10.7. The number of carboxylic acid groups (broad SMARTS) is 2. The summed E-state index contributed by atoms with van der Waals surface area (Å²) >= 11 is 5.00. The predicted molar refractivity (Wildman–Crippen MR) is 132 cm³/mol. The third kappa shape index (κ3) is 14.8. The number of rotatable bonds is 5. The summed E-state index contributed by atoms with van der Waals surface area (Å²) in [6, 6.07) is -1.70. The summed E-state index contributed by atoms with van der Waals surface area (Å²) in [5.41, 5.74) is 3.75. The average molecular weight is 523 g/mol. The molecule has 2 aliphatic carbocycles. The molecular weight excluding hydrogens is 480 g/mol. The normalized spacial score (nSPS) is 18.2. The van der Waals surface area contributed by atoms with Crippen molar-refractivity contribution in [2.45, 2.75) is 117 Å². The molecule has 0 unspecified atom stereocenters. The van der Waals surface area contributed by atoms with Crippen LogP contribution in [0.1, 0.15) is 92.9 Å². The lowest BCUT2D eigenvalue weighted by Gasteiger charge is -2.27. The Morgan fingerprint density at radius 3 is 1.46 bits per heavy atom. The Kier molecular flexibility index (Phi) is 14.2. The number of carboxylic acids is 2. The van der Waals surface area contributed by atoms with Crippen LogP contribution in [0.3, 0.4) is 0 Å². The fourth-order valence-electron chi connectivity index (χ4n) is 3.47. The summed E-state index contributed by atoms with van der Waals surface area (Å²) in [6.07, 6.45) is 7.61. The van der Waals surface area contributed by atoms with E-state index >= 15 is 0 Å². The third-order valence-electron chi connectivity index (χ3n) is 5.71. The lowest BCUT2D eigenvalue weighted by atomic mass is 9.87. The minimum atomic E-state index is -1.04. The number of hydrogen-bond donors (Lipinski definition) is 4. The van der Waals surface area contributed by atoms with Crippen molar-refractivity contribution in [3.63, 3.8) is 0 Å². The Hall–Kier alpha value is -2.07. The molecule has 2 saturated carbocycles. The van der Waals surface area contributed by atoms with Gasteiger partial charge in [0.05, 0.1) is 0 Å². The van der Waals surface area contributed by atoms with Crippen LogP contribution in [-0.2, 0) is 19.1 Å². The van der Waals surface area contributed by atoms with Crippen LogP contribution in [0.25, 0.3) is 0 Å². The van der Waals surface area contributed by atoms with Crippen LogP contribution in [0.15, 0.2) is 0 Å². The van der Waals surface area contributed by atoms with E-state index in [2.05, 4.69) is 5.32 Å². The maximum Gasteiger partial charge on any atom is 0.408 e. The largest absolute Gasteiger partial charge is 0.480 e. The van der Waals surface area contributed by atoms with Gasteiger partial charge in [-0.1, -0.05) is 41.5 Å². The van der Waals surface area contributed by atoms with E-state index in [1.54, 1.807) is 41.5 Å². The molecule has 0 aromatic heterocycles. The van der Waals surface area contributed by atoms with Gasteiger partial charge in [0, 0.05) is 11.6 Å². The van der Waals surface area contributed by atoms with Crippen molar-refractivity contribution >= 4 is 35.1 Å². The molecule has 0 spiro atoms. The van der Waals surface area contributed by atoms with Gasteiger partial charge in [-0.05, 0) is 62.2 Å². The highest BCUT2D eigenvalue weighted by Crippen LogP contribution is 2.23. The average Bonchev–Trinajstić information content (AvgIpc) is 3.38. The highest BCUT2D eigenvalue weighted by Gasteiger charge is 2.34. The third-order valence-corrected chi connectivity index (χ3v) is 5.80. The molecule has 0 aromatic carbocycles. The van der Waals surface area contributed by atoms with Gasteiger partial charge in [0.1, 0.15) is 24.3 Å². The Balaban J connectivity index is 0.000000543. The molecule has 1 amide bonds. The molecule has 5 N–H and O–H groups in total. The van der Waals surface area contributed by atoms with Gasteiger partial charge in [-0.15, -0.1) is 0 Å². The van der Waals surface area contributed by atoms with Crippen LogP contribution in [0.5, 0.6) is 0 Å². The van der Waals surface area contributed by atoms with Crippen LogP contribution in [0.4, 0.5) is 9.59 Å². The summed E-state index contributed by atoms with van der Waals surface area (Å²) in [5.74, 6) is -1.98. The number of alkyl carbamates (subject to hydrolysis) is 1. The van der Waals surface area contributed by atoms with Crippen molar-refractivity contribution in [2.75, 3.05) is 0 Å². The second kappa shape index (κ2) is 15.1. The highest BCUT2D eigenvalue weighted by atomic mass is 35.5. The lowest BCUT2D eigenvalue weighted by molar-refractivity contribution is -0.142. The van der Waals surface area contributed by atoms with Gasteiger partial charge in [0.25, 0.3) is 0 Å². The quantitative estimate of drug-likeness (QED) is 0.367. The van der Waals surface area contributed by atoms with Gasteiger partial charge in [0.15, 0.2) is 0 Å². The van der Waals surface area contributed by atoms with Gasteiger partial charge >= 0.3 is 23.5 Å². The SMILES string of the molecule is CC(C)(C)[C@H](N)C(=O)O.CC(C)(C)[C@H](NC(=O)OC1CCCC1)C(=O)O.O=C(Cl)OC1CCCC1. The first-order chi connectivity index (χ1) is 15.9. The minimum absolute atomic E-state index is 0.0515. The highest BCUT2D eigenvalue weighted by molar-refractivity contribution is 6.61. The fourth-order valence-corrected chi connectivity index (χ4v) is 3.59. The van der Waals surface area contributed by atoms with E-state index in [0.717, 1.165) is 51.4 Å². The first-order valence-electron chi connectivity index (χ1n) is 12.0. The van der Waals surface area contributed by atoms with Crippen molar-refractivity contribution in [3.05, 3.63) is 0 Å². The molecule has 0 aliphatic heterocycles. The number of carbonyl (C=O) groups is 4. The van der Waals surface area contributed by atoms with Gasteiger partial charge in [-0.25, -0.2) is 14.4 Å². The molecule has 204 valence electrons. The summed E-state index contributed by atoms with van der Waals surface area (Å²) in [4.78, 5) is 43.0. The molecule has 0 aromatic rings. The van der Waals surface area contributed by atoms with Gasteiger partial charge < -0.3 is 30.7 Å². The zero-order valence-electron chi connectivity index (χ0n) is 21.8. The van der Waals surface area contributed by atoms with Crippen LogP contribution >= 0.6 is 11.6 Å². The number of carbonyl (C=O) groups excluding carboxylic acids is 2. The molecule has 10 nitrogen and oxygen atoms in total. The van der Waals surface area contributed by atoms with Crippen LogP contribution in [-0.4, -0.2) is 58.0 Å². The predicted octanol–water partition coefficient (Wildman–Crippen LogP) is 4.90. The van der Waals surface area contributed by atoms with Gasteiger partial charge in [0.2, 0.25) is 0 Å². The van der Waals surface area contributed by atoms with Crippen molar-refractivity contribution in [3.8, 4) is 0 Å². The van der Waals surface area contributed by atoms with Gasteiger partial charge in [-0.3, -0.25) is 4.79 Å². The number of ether oxygens (including phenoxy) is 2. The molecule has 0 bridgehead atoms. The van der Waals surface area contributed by atoms with Crippen LogP contribution in [0, 0.1) is 10.8 Å². The van der Waals surface area contributed by atoms with E-state index in [0.29, 0.717) is 0 Å². The second-order valence-electron chi connectivity index (χ2n) is 11.0. The number of nitrogens with one attached hydrogen (secondary N) is 1. The zero-order valence-corrected chi connectivity index (χ0v) is 22.5. The van der Waals surface area contributed by atoms with E-state index in [-0.39, 0.29) is 17.6 Å². The van der Waals surface area contributed by atoms with E-state index < -0.39 is 41.0 Å². The lowest BCUT2D eigenvalue weighted by Crippen LogP contribution is -2.49. The molecule has 2 fully saturated rings. The second-order valence-corrected chi connectivity index (χ2v) is 11.3. The maximum absolute atomic E-state index is 11.6. The van der Waals surface area contributed by atoms with Crippen LogP contribution in [0.2, 0.25) is 0 Å². The molecule has 0 heterocycles.